The first-order valence-electron chi connectivity index (χ1n) is 5.82. The Kier molecular flexibility index (Phi) is 4.52. The number of nitrogens with one attached hydrogen (secondary N) is 3. The van der Waals surface area contributed by atoms with Crippen LogP contribution in [0.1, 0.15) is 6.92 Å². The third-order valence-corrected chi connectivity index (χ3v) is 3.97. The summed E-state index contributed by atoms with van der Waals surface area (Å²) < 4.78 is 29.6. The van der Waals surface area contributed by atoms with Crippen LogP contribution in [0, 0.1) is 0 Å². The van der Waals surface area contributed by atoms with E-state index in [1.54, 1.807) is 6.92 Å². The number of morpholine rings is 1. The van der Waals surface area contributed by atoms with E-state index in [0.717, 1.165) is 17.6 Å². The first kappa shape index (κ1) is 15.1. The fraction of sp³-hybridized carbons (Fsp3) is 0.667. The summed E-state index contributed by atoms with van der Waals surface area (Å²) in [4.78, 5) is 12.0. The van der Waals surface area contributed by atoms with Crippen LogP contribution in [0.25, 0.3) is 0 Å². The van der Waals surface area contributed by atoms with Crippen molar-refractivity contribution in [1.82, 2.24) is 15.5 Å². The Morgan fingerprint density at radius 1 is 1.45 bits per heavy atom. The number of amides is 1. The molecule has 2 rings (SSSR count). The van der Waals surface area contributed by atoms with Crippen molar-refractivity contribution in [1.29, 1.82) is 0 Å². The van der Waals surface area contributed by atoms with E-state index in [2.05, 4.69) is 25.6 Å². The number of carbonyl (C=O) groups is 1. The largest absolute Gasteiger partial charge is 0.375 e. The van der Waals surface area contributed by atoms with Gasteiger partial charge in [-0.3, -0.25) is 14.8 Å². The van der Waals surface area contributed by atoms with Gasteiger partial charge in [0.25, 0.3) is 0 Å². The van der Waals surface area contributed by atoms with E-state index in [1.165, 1.54) is 0 Å². The van der Waals surface area contributed by atoms with Crippen molar-refractivity contribution < 1.29 is 17.9 Å². The number of hydrogen-bond acceptors (Lipinski definition) is 8. The zero-order valence-corrected chi connectivity index (χ0v) is 12.5. The van der Waals surface area contributed by atoms with Crippen LogP contribution in [-0.4, -0.2) is 56.1 Å². The Labute approximate surface area is 120 Å². The van der Waals surface area contributed by atoms with Crippen molar-refractivity contribution in [3.05, 3.63) is 0 Å². The summed E-state index contributed by atoms with van der Waals surface area (Å²) in [7, 11) is -3.41. The first-order valence-corrected chi connectivity index (χ1v) is 8.53. The van der Waals surface area contributed by atoms with Crippen LogP contribution >= 0.6 is 11.3 Å². The minimum absolute atomic E-state index is 0.101. The van der Waals surface area contributed by atoms with Crippen molar-refractivity contribution >= 4 is 37.5 Å². The van der Waals surface area contributed by atoms with Crippen LogP contribution in [0.3, 0.4) is 0 Å². The van der Waals surface area contributed by atoms with E-state index in [-0.39, 0.29) is 22.3 Å². The summed E-state index contributed by atoms with van der Waals surface area (Å²) >= 11 is 0.940. The smallest absolute Gasteiger partial charge is 0.246 e. The molecule has 9 nitrogen and oxygen atoms in total. The second-order valence-corrected chi connectivity index (χ2v) is 7.01. The van der Waals surface area contributed by atoms with E-state index in [0.29, 0.717) is 13.2 Å². The molecule has 112 valence electrons. The summed E-state index contributed by atoms with van der Waals surface area (Å²) in [5, 5.41) is 13.3. The third-order valence-electron chi connectivity index (χ3n) is 2.53. The molecule has 20 heavy (non-hydrogen) atoms. The average Bonchev–Trinajstić information content (AvgIpc) is 2.74. The number of aromatic nitrogens is 2. The van der Waals surface area contributed by atoms with Gasteiger partial charge in [-0.1, -0.05) is 11.3 Å². The van der Waals surface area contributed by atoms with E-state index in [4.69, 9.17) is 4.74 Å². The lowest BCUT2D eigenvalue weighted by Gasteiger charge is -2.28. The molecule has 11 heteroatoms. The molecule has 0 unspecified atom stereocenters. The maximum atomic E-state index is 12.0. The predicted octanol–water partition coefficient (Wildman–Crippen LogP) is -0.775. The van der Waals surface area contributed by atoms with Crippen molar-refractivity contribution in [2.45, 2.75) is 19.1 Å². The van der Waals surface area contributed by atoms with Gasteiger partial charge >= 0.3 is 0 Å². The molecule has 1 aromatic rings. The number of hydrogen-bond donors (Lipinski definition) is 3. The Bertz CT molecular complexity index is 587. The number of rotatable bonds is 4. The molecular formula is C9H15N5O4S2. The quantitative estimate of drug-likeness (QED) is 0.665. The van der Waals surface area contributed by atoms with E-state index >= 15 is 0 Å². The lowest BCUT2D eigenvalue weighted by Crippen LogP contribution is -2.53. The Morgan fingerprint density at radius 3 is 2.80 bits per heavy atom. The van der Waals surface area contributed by atoms with Crippen LogP contribution in [-0.2, 0) is 19.6 Å². The third kappa shape index (κ3) is 4.10. The predicted molar refractivity (Wildman–Crippen MR) is 74.2 cm³/mol. The lowest BCUT2D eigenvalue weighted by molar-refractivity contribution is -0.123. The van der Waals surface area contributed by atoms with E-state index < -0.39 is 16.1 Å². The summed E-state index contributed by atoms with van der Waals surface area (Å²) in [6.45, 7) is 2.96. The number of sulfonamides is 1. The monoisotopic (exact) mass is 321 g/mol. The molecule has 1 fully saturated rings. The van der Waals surface area contributed by atoms with Crippen LogP contribution < -0.4 is 15.4 Å². The van der Waals surface area contributed by atoms with Crippen molar-refractivity contribution in [3.63, 3.8) is 0 Å². The molecule has 2 atom stereocenters. The number of nitrogens with zero attached hydrogens (tertiary/aromatic N) is 2. The molecule has 0 spiro atoms. The first-order chi connectivity index (χ1) is 9.35. The highest BCUT2D eigenvalue weighted by Gasteiger charge is 2.29. The van der Waals surface area contributed by atoms with Gasteiger partial charge < -0.3 is 10.1 Å². The van der Waals surface area contributed by atoms with Gasteiger partial charge in [0.05, 0.1) is 19.0 Å². The van der Waals surface area contributed by atoms with E-state index in [1.807, 2.05) is 0 Å². The highest BCUT2D eigenvalue weighted by Crippen LogP contribution is 2.21. The zero-order chi connectivity index (χ0) is 14.8. The molecule has 3 N–H and O–H groups in total. The Hall–Kier alpha value is -1.30. The topological polar surface area (TPSA) is 122 Å². The number of ether oxygens (including phenoxy) is 1. The van der Waals surface area contributed by atoms with Gasteiger partial charge in [-0.2, -0.15) is 0 Å². The van der Waals surface area contributed by atoms with Crippen molar-refractivity contribution in [2.75, 3.05) is 29.4 Å². The number of carbonyl (C=O) groups excluding carboxylic acids is 1. The van der Waals surface area contributed by atoms with Gasteiger partial charge in [-0.15, -0.1) is 10.2 Å². The molecule has 1 aliphatic rings. The van der Waals surface area contributed by atoms with Crippen LogP contribution in [0.4, 0.5) is 10.3 Å². The Morgan fingerprint density at radius 2 is 2.15 bits per heavy atom. The molecule has 0 radical (unpaired) electrons. The summed E-state index contributed by atoms with van der Waals surface area (Å²) in [6.07, 6.45) is 0.766. The highest BCUT2D eigenvalue weighted by molar-refractivity contribution is 7.92. The van der Waals surface area contributed by atoms with E-state index in [9.17, 15) is 13.2 Å². The Balaban J connectivity index is 1.97. The summed E-state index contributed by atoms with van der Waals surface area (Å²) in [6, 6.07) is -0.473. The SMILES string of the molecule is C[C@H]1OCCN[C@@H]1C(=O)Nc1nnc(NS(C)(=O)=O)s1. The average molecular weight is 321 g/mol. The molecule has 0 bridgehead atoms. The van der Waals surface area contributed by atoms with Crippen molar-refractivity contribution in [2.24, 2.45) is 0 Å². The second kappa shape index (κ2) is 5.99. The van der Waals surface area contributed by atoms with Gasteiger partial charge in [0, 0.05) is 6.54 Å². The fourth-order valence-electron chi connectivity index (χ4n) is 1.68. The normalized spacial score (nSPS) is 23.3. The standard InChI is InChI=1S/C9H15N5O4S2/c1-5-6(10-3-4-18-5)7(15)11-8-12-13-9(19-8)14-20(2,16)17/h5-6,10H,3-4H2,1-2H3,(H,13,14)(H,11,12,15)/t5-,6+/m1/s1. The van der Waals surface area contributed by atoms with Crippen LogP contribution in [0.5, 0.6) is 0 Å². The number of anilines is 2. The molecule has 1 amide bonds. The summed E-state index contributed by atoms with van der Waals surface area (Å²) in [5.74, 6) is -0.292. The minimum Gasteiger partial charge on any atom is -0.375 e. The van der Waals surface area contributed by atoms with Crippen molar-refractivity contribution in [3.8, 4) is 0 Å². The molecule has 0 saturated carbocycles. The maximum absolute atomic E-state index is 12.0. The zero-order valence-electron chi connectivity index (χ0n) is 10.9. The minimum atomic E-state index is -3.41. The molecule has 0 aromatic carbocycles. The molecular weight excluding hydrogens is 306 g/mol. The second-order valence-electron chi connectivity index (χ2n) is 4.28. The lowest BCUT2D eigenvalue weighted by atomic mass is 10.1. The van der Waals surface area contributed by atoms with Gasteiger partial charge in [0.2, 0.25) is 26.2 Å². The molecule has 1 aromatic heterocycles. The van der Waals surface area contributed by atoms with Gasteiger partial charge in [0.1, 0.15) is 6.04 Å². The molecule has 1 saturated heterocycles. The van der Waals surface area contributed by atoms with Gasteiger partial charge in [0.15, 0.2) is 0 Å². The van der Waals surface area contributed by atoms with Crippen LogP contribution in [0.15, 0.2) is 0 Å². The fourth-order valence-corrected chi connectivity index (χ4v) is 3.16. The molecule has 1 aliphatic heterocycles. The molecule has 2 heterocycles. The summed E-state index contributed by atoms with van der Waals surface area (Å²) in [5.41, 5.74) is 0. The maximum Gasteiger partial charge on any atom is 0.246 e. The van der Waals surface area contributed by atoms with Gasteiger partial charge in [-0.25, -0.2) is 8.42 Å². The van der Waals surface area contributed by atoms with Gasteiger partial charge in [-0.05, 0) is 6.92 Å². The van der Waals surface area contributed by atoms with Crippen LogP contribution in [0.2, 0.25) is 0 Å². The highest BCUT2D eigenvalue weighted by atomic mass is 32.2. The molecule has 0 aliphatic carbocycles.